The molecule has 0 radical (unpaired) electrons. The number of likely N-dealkylation sites (tertiary alicyclic amines) is 1. The smallest absolute Gasteiger partial charge is 0.291 e. The van der Waals surface area contributed by atoms with E-state index in [0.29, 0.717) is 26.1 Å². The SMILES string of the molecule is O=C(c1cnco1)N1CC[C@@](O)(CN2CCc3ccccc3C2)C1. The quantitative estimate of drug-likeness (QED) is 0.920. The molecule has 126 valence electrons. The maximum atomic E-state index is 12.3. The molecule has 6 nitrogen and oxygen atoms in total. The average Bonchev–Trinajstić information content (AvgIpc) is 3.24. The van der Waals surface area contributed by atoms with Crippen LogP contribution in [0.5, 0.6) is 0 Å². The minimum atomic E-state index is -0.859. The molecule has 1 fully saturated rings. The van der Waals surface area contributed by atoms with Crippen molar-refractivity contribution in [1.29, 1.82) is 0 Å². The molecule has 0 bridgehead atoms. The van der Waals surface area contributed by atoms with Crippen LogP contribution in [0.1, 0.15) is 28.1 Å². The lowest BCUT2D eigenvalue weighted by Crippen LogP contribution is -2.47. The fraction of sp³-hybridized carbons (Fsp3) is 0.444. The Kier molecular flexibility index (Phi) is 3.86. The highest BCUT2D eigenvalue weighted by Crippen LogP contribution is 2.27. The molecule has 1 amide bonds. The van der Waals surface area contributed by atoms with E-state index < -0.39 is 5.60 Å². The summed E-state index contributed by atoms with van der Waals surface area (Å²) in [5.41, 5.74) is 1.87. The molecule has 0 unspecified atom stereocenters. The summed E-state index contributed by atoms with van der Waals surface area (Å²) < 4.78 is 5.07. The molecule has 1 atom stereocenters. The van der Waals surface area contributed by atoms with Crippen molar-refractivity contribution in [3.8, 4) is 0 Å². The summed E-state index contributed by atoms with van der Waals surface area (Å²) in [7, 11) is 0. The fourth-order valence-corrected chi connectivity index (χ4v) is 3.74. The second kappa shape index (κ2) is 6.03. The van der Waals surface area contributed by atoms with Crippen LogP contribution in [0.2, 0.25) is 0 Å². The van der Waals surface area contributed by atoms with Gasteiger partial charge in [0.25, 0.3) is 5.91 Å². The van der Waals surface area contributed by atoms with Crippen LogP contribution in [-0.2, 0) is 13.0 Å². The highest BCUT2D eigenvalue weighted by atomic mass is 16.3. The van der Waals surface area contributed by atoms with E-state index in [4.69, 9.17) is 4.42 Å². The molecular formula is C18H21N3O3. The van der Waals surface area contributed by atoms with Crippen LogP contribution >= 0.6 is 0 Å². The number of β-amino-alcohol motifs (C(OH)–C–C–N with tert-alkyl or cyclic N) is 1. The van der Waals surface area contributed by atoms with Crippen LogP contribution in [0.15, 0.2) is 41.3 Å². The van der Waals surface area contributed by atoms with Gasteiger partial charge in [-0.25, -0.2) is 4.98 Å². The van der Waals surface area contributed by atoms with Gasteiger partial charge in [0.2, 0.25) is 5.76 Å². The summed E-state index contributed by atoms with van der Waals surface area (Å²) in [5.74, 6) is 0.0264. The molecule has 6 heteroatoms. The number of benzene rings is 1. The molecule has 3 heterocycles. The monoisotopic (exact) mass is 327 g/mol. The Hall–Kier alpha value is -2.18. The highest BCUT2D eigenvalue weighted by Gasteiger charge is 2.40. The van der Waals surface area contributed by atoms with Gasteiger partial charge in [0, 0.05) is 26.2 Å². The van der Waals surface area contributed by atoms with Gasteiger partial charge in [0.05, 0.1) is 18.3 Å². The van der Waals surface area contributed by atoms with E-state index in [1.54, 1.807) is 4.90 Å². The lowest BCUT2D eigenvalue weighted by Gasteiger charge is -2.34. The Morgan fingerprint density at radius 1 is 1.29 bits per heavy atom. The van der Waals surface area contributed by atoms with Crippen molar-refractivity contribution in [2.45, 2.75) is 25.0 Å². The van der Waals surface area contributed by atoms with E-state index in [9.17, 15) is 9.90 Å². The van der Waals surface area contributed by atoms with Crippen molar-refractivity contribution in [2.75, 3.05) is 26.2 Å². The maximum Gasteiger partial charge on any atom is 0.291 e. The Morgan fingerprint density at radius 2 is 2.12 bits per heavy atom. The van der Waals surface area contributed by atoms with Crippen LogP contribution in [0, 0.1) is 0 Å². The van der Waals surface area contributed by atoms with Crippen molar-refractivity contribution in [3.05, 3.63) is 53.7 Å². The summed E-state index contributed by atoms with van der Waals surface area (Å²) in [6, 6.07) is 8.46. The second-order valence-corrected chi connectivity index (χ2v) is 6.80. The van der Waals surface area contributed by atoms with E-state index in [0.717, 1.165) is 19.5 Å². The first-order valence-corrected chi connectivity index (χ1v) is 8.32. The highest BCUT2D eigenvalue weighted by molar-refractivity contribution is 5.91. The summed E-state index contributed by atoms with van der Waals surface area (Å²) in [4.78, 5) is 20.0. The van der Waals surface area contributed by atoms with E-state index >= 15 is 0 Å². The van der Waals surface area contributed by atoms with Crippen LogP contribution in [-0.4, -0.2) is 57.6 Å². The largest absolute Gasteiger partial charge is 0.438 e. The molecule has 2 aromatic rings. The molecule has 0 aliphatic carbocycles. The number of amides is 1. The number of oxazole rings is 1. The molecule has 0 spiro atoms. The van der Waals surface area contributed by atoms with Crippen LogP contribution < -0.4 is 0 Å². The molecule has 24 heavy (non-hydrogen) atoms. The fourth-order valence-electron chi connectivity index (χ4n) is 3.74. The van der Waals surface area contributed by atoms with Crippen molar-refractivity contribution < 1.29 is 14.3 Å². The summed E-state index contributed by atoms with van der Waals surface area (Å²) in [6.45, 7) is 3.26. The normalized spacial score (nSPS) is 24.1. The predicted octanol–water partition coefficient (Wildman–Crippen LogP) is 1.31. The summed E-state index contributed by atoms with van der Waals surface area (Å²) in [6.07, 6.45) is 4.26. The number of carbonyl (C=O) groups is 1. The van der Waals surface area contributed by atoms with Gasteiger partial charge in [0.15, 0.2) is 6.39 Å². The van der Waals surface area contributed by atoms with E-state index in [1.807, 2.05) is 0 Å². The molecule has 1 aromatic heterocycles. The first kappa shape index (κ1) is 15.4. The second-order valence-electron chi connectivity index (χ2n) is 6.80. The number of fused-ring (bicyclic) bond motifs is 1. The first-order valence-electron chi connectivity index (χ1n) is 8.32. The van der Waals surface area contributed by atoms with E-state index in [1.165, 1.54) is 23.7 Å². The number of aliphatic hydroxyl groups is 1. The molecule has 2 aliphatic heterocycles. The third kappa shape index (κ3) is 2.95. The molecule has 4 rings (SSSR count). The summed E-state index contributed by atoms with van der Waals surface area (Å²) >= 11 is 0. The van der Waals surface area contributed by atoms with Crippen molar-refractivity contribution in [2.24, 2.45) is 0 Å². The van der Waals surface area contributed by atoms with E-state index in [2.05, 4.69) is 34.1 Å². The van der Waals surface area contributed by atoms with Gasteiger partial charge in [-0.15, -0.1) is 0 Å². The van der Waals surface area contributed by atoms with Gasteiger partial charge in [-0.2, -0.15) is 0 Å². The van der Waals surface area contributed by atoms with Gasteiger partial charge in [-0.1, -0.05) is 24.3 Å². The van der Waals surface area contributed by atoms with Crippen LogP contribution in [0.4, 0.5) is 0 Å². The first-order chi connectivity index (χ1) is 11.6. The predicted molar refractivity (Wildman–Crippen MR) is 87.4 cm³/mol. The Bertz CT molecular complexity index is 731. The molecule has 0 saturated carbocycles. The van der Waals surface area contributed by atoms with Gasteiger partial charge >= 0.3 is 0 Å². The molecule has 1 N–H and O–H groups in total. The van der Waals surface area contributed by atoms with Gasteiger partial charge < -0.3 is 14.4 Å². The zero-order valence-electron chi connectivity index (χ0n) is 13.5. The van der Waals surface area contributed by atoms with Crippen molar-refractivity contribution >= 4 is 5.91 Å². The van der Waals surface area contributed by atoms with Crippen molar-refractivity contribution in [1.82, 2.24) is 14.8 Å². The lowest BCUT2D eigenvalue weighted by atomic mass is 9.97. The zero-order valence-corrected chi connectivity index (χ0v) is 13.5. The minimum Gasteiger partial charge on any atom is -0.438 e. The standard InChI is InChI=1S/C18H21N3O3/c22-17(16-9-19-13-24-16)21-8-6-18(23,12-21)11-20-7-5-14-3-1-2-4-15(14)10-20/h1-4,9,13,23H,5-8,10-12H2/t18-/m1/s1. The number of carbonyl (C=O) groups excluding carboxylic acids is 1. The topological polar surface area (TPSA) is 69.8 Å². The minimum absolute atomic E-state index is 0.201. The third-order valence-electron chi connectivity index (χ3n) is 4.99. The third-order valence-corrected chi connectivity index (χ3v) is 4.99. The Labute approximate surface area is 140 Å². The molecule has 1 aromatic carbocycles. The zero-order chi connectivity index (χ0) is 16.6. The van der Waals surface area contributed by atoms with E-state index in [-0.39, 0.29) is 11.7 Å². The van der Waals surface area contributed by atoms with Crippen LogP contribution in [0.3, 0.4) is 0 Å². The van der Waals surface area contributed by atoms with Gasteiger partial charge in [-0.05, 0) is 24.0 Å². The molecular weight excluding hydrogens is 306 g/mol. The summed E-state index contributed by atoms with van der Waals surface area (Å²) in [5, 5.41) is 10.9. The Morgan fingerprint density at radius 3 is 2.92 bits per heavy atom. The average molecular weight is 327 g/mol. The number of rotatable bonds is 3. The van der Waals surface area contributed by atoms with Gasteiger partial charge in [-0.3, -0.25) is 9.69 Å². The van der Waals surface area contributed by atoms with Crippen LogP contribution in [0.25, 0.3) is 0 Å². The number of hydrogen-bond acceptors (Lipinski definition) is 5. The number of aromatic nitrogens is 1. The Balaban J connectivity index is 1.40. The van der Waals surface area contributed by atoms with Crippen molar-refractivity contribution in [3.63, 3.8) is 0 Å². The maximum absolute atomic E-state index is 12.3. The van der Waals surface area contributed by atoms with Gasteiger partial charge in [0.1, 0.15) is 0 Å². The number of hydrogen-bond donors (Lipinski definition) is 1. The molecule has 2 aliphatic rings. The number of nitrogens with zero attached hydrogens (tertiary/aromatic N) is 3. The molecule has 1 saturated heterocycles. The lowest BCUT2D eigenvalue weighted by molar-refractivity contribution is 0.00775.